The number of hydrogen-bond donors (Lipinski definition) is 1. The van der Waals surface area contributed by atoms with E-state index in [4.69, 9.17) is 4.18 Å². The van der Waals surface area contributed by atoms with E-state index in [1.165, 1.54) is 67.6 Å². The number of benzene rings is 3. The predicted molar refractivity (Wildman–Crippen MR) is 133 cm³/mol. The lowest BCUT2D eigenvalue weighted by molar-refractivity contribution is -0.123. The fraction of sp³-hybridized carbons (Fsp3) is 0.0800. The molecule has 1 N–H and O–H groups in total. The number of anilines is 1. The number of nitrogens with zero attached hydrogens (tertiary/aromatic N) is 1. The van der Waals surface area contributed by atoms with Crippen LogP contribution in [0, 0.1) is 5.82 Å². The molecule has 1 fully saturated rings. The monoisotopic (exact) mass is 526 g/mol. The van der Waals surface area contributed by atoms with Crippen molar-refractivity contribution in [3.63, 3.8) is 0 Å². The molecule has 0 bridgehead atoms. The first-order chi connectivity index (χ1) is 17.1. The van der Waals surface area contributed by atoms with Gasteiger partial charge in [-0.1, -0.05) is 30.3 Å². The summed E-state index contributed by atoms with van der Waals surface area (Å²) in [6.45, 7) is 1.14. The number of hydrogen-bond acceptors (Lipinski definition) is 7. The van der Waals surface area contributed by atoms with Gasteiger partial charge in [0.25, 0.3) is 11.1 Å². The number of rotatable bonds is 7. The third-order valence-corrected chi connectivity index (χ3v) is 7.15. The van der Waals surface area contributed by atoms with E-state index in [0.717, 1.165) is 4.90 Å². The molecule has 0 saturated carbocycles. The van der Waals surface area contributed by atoms with Gasteiger partial charge in [-0.05, 0) is 65.9 Å². The quantitative estimate of drug-likeness (QED) is 0.348. The van der Waals surface area contributed by atoms with Crippen LogP contribution in [0.4, 0.5) is 14.9 Å². The van der Waals surface area contributed by atoms with Gasteiger partial charge in [0.05, 0.1) is 11.4 Å². The van der Waals surface area contributed by atoms with Crippen molar-refractivity contribution in [2.75, 3.05) is 5.32 Å². The zero-order valence-corrected chi connectivity index (χ0v) is 20.4. The SMILES string of the molecule is CC(=O)Nc1ccc(S(=O)(=O)Oc2cccc(/C=C3\SC(=O)N(Cc4ccccc4F)C3=O)c2)cc1. The Bertz CT molecular complexity index is 1490. The second kappa shape index (κ2) is 10.3. The smallest absolute Gasteiger partial charge is 0.339 e. The van der Waals surface area contributed by atoms with E-state index in [0.29, 0.717) is 23.0 Å². The highest BCUT2D eigenvalue weighted by Crippen LogP contribution is 2.34. The van der Waals surface area contributed by atoms with E-state index in [1.807, 2.05) is 0 Å². The maximum Gasteiger partial charge on any atom is 0.339 e. The van der Waals surface area contributed by atoms with Gasteiger partial charge in [0.15, 0.2) is 0 Å². The fourth-order valence-electron chi connectivity index (χ4n) is 3.32. The number of nitrogens with one attached hydrogen (secondary N) is 1. The van der Waals surface area contributed by atoms with Crippen molar-refractivity contribution < 1.29 is 31.4 Å². The van der Waals surface area contributed by atoms with Gasteiger partial charge in [-0.25, -0.2) is 4.39 Å². The Kier molecular flexibility index (Phi) is 7.22. The molecular weight excluding hydrogens is 507 g/mol. The Morgan fingerprint density at radius 2 is 1.78 bits per heavy atom. The minimum absolute atomic E-state index is 0.000253. The molecule has 0 aromatic heterocycles. The molecule has 3 amide bonds. The van der Waals surface area contributed by atoms with Gasteiger partial charge >= 0.3 is 10.1 Å². The minimum atomic E-state index is -4.17. The van der Waals surface area contributed by atoms with Crippen LogP contribution in [0.5, 0.6) is 5.75 Å². The molecule has 0 spiro atoms. The van der Waals surface area contributed by atoms with Crippen LogP contribution < -0.4 is 9.50 Å². The Morgan fingerprint density at radius 1 is 1.06 bits per heavy atom. The fourth-order valence-corrected chi connectivity index (χ4v) is 5.08. The second-order valence-electron chi connectivity index (χ2n) is 7.67. The van der Waals surface area contributed by atoms with E-state index in [2.05, 4.69) is 5.32 Å². The molecule has 1 saturated heterocycles. The largest absolute Gasteiger partial charge is 0.379 e. The summed E-state index contributed by atoms with van der Waals surface area (Å²) in [6.07, 6.45) is 1.44. The lowest BCUT2D eigenvalue weighted by Crippen LogP contribution is -2.27. The lowest BCUT2D eigenvalue weighted by atomic mass is 10.2. The van der Waals surface area contributed by atoms with Gasteiger partial charge in [-0.2, -0.15) is 8.42 Å². The van der Waals surface area contributed by atoms with Crippen molar-refractivity contribution in [2.45, 2.75) is 18.4 Å². The molecule has 8 nitrogen and oxygen atoms in total. The molecule has 0 aliphatic carbocycles. The normalized spacial score (nSPS) is 14.8. The van der Waals surface area contributed by atoms with E-state index in [1.54, 1.807) is 18.2 Å². The summed E-state index contributed by atoms with van der Waals surface area (Å²) in [6, 6.07) is 17.4. The van der Waals surface area contributed by atoms with Crippen LogP contribution in [0.2, 0.25) is 0 Å². The van der Waals surface area contributed by atoms with Gasteiger partial charge < -0.3 is 9.50 Å². The summed E-state index contributed by atoms with van der Waals surface area (Å²) < 4.78 is 44.5. The molecule has 184 valence electrons. The third kappa shape index (κ3) is 5.81. The van der Waals surface area contributed by atoms with Crippen molar-refractivity contribution in [3.05, 3.63) is 94.6 Å². The summed E-state index contributed by atoms with van der Waals surface area (Å²) >= 11 is 0.710. The van der Waals surface area contributed by atoms with E-state index < -0.39 is 27.1 Å². The Morgan fingerprint density at radius 3 is 2.47 bits per heavy atom. The number of carbonyl (C=O) groups is 3. The van der Waals surface area contributed by atoms with Gasteiger partial charge in [0, 0.05) is 18.2 Å². The average Bonchev–Trinajstić information content (AvgIpc) is 3.07. The summed E-state index contributed by atoms with van der Waals surface area (Å²) in [7, 11) is -4.17. The highest BCUT2D eigenvalue weighted by Gasteiger charge is 2.35. The van der Waals surface area contributed by atoms with Gasteiger partial charge in [0.2, 0.25) is 5.91 Å². The van der Waals surface area contributed by atoms with Crippen LogP contribution in [0.3, 0.4) is 0 Å². The molecule has 0 radical (unpaired) electrons. The molecule has 3 aromatic carbocycles. The Balaban J connectivity index is 1.50. The van der Waals surface area contributed by atoms with E-state index in [-0.39, 0.29) is 33.6 Å². The van der Waals surface area contributed by atoms with Crippen LogP contribution >= 0.6 is 11.8 Å². The second-order valence-corrected chi connectivity index (χ2v) is 10.2. The number of halogens is 1. The topological polar surface area (TPSA) is 110 Å². The summed E-state index contributed by atoms with van der Waals surface area (Å²) in [5.74, 6) is -1.38. The zero-order chi connectivity index (χ0) is 25.9. The highest BCUT2D eigenvalue weighted by molar-refractivity contribution is 8.18. The zero-order valence-electron chi connectivity index (χ0n) is 18.8. The number of amides is 3. The molecule has 11 heteroatoms. The molecule has 1 aliphatic rings. The predicted octanol–water partition coefficient (Wildman–Crippen LogP) is 4.79. The van der Waals surface area contributed by atoms with Crippen molar-refractivity contribution in [3.8, 4) is 5.75 Å². The maximum absolute atomic E-state index is 14.0. The molecule has 1 heterocycles. The van der Waals surface area contributed by atoms with Crippen molar-refractivity contribution in [1.29, 1.82) is 0 Å². The van der Waals surface area contributed by atoms with Crippen LogP contribution in [0.1, 0.15) is 18.1 Å². The molecule has 0 unspecified atom stereocenters. The van der Waals surface area contributed by atoms with E-state index >= 15 is 0 Å². The number of thioether (sulfide) groups is 1. The third-order valence-electron chi connectivity index (χ3n) is 4.99. The molecule has 1 aliphatic heterocycles. The molecular formula is C25H19FN2O6S2. The van der Waals surface area contributed by atoms with Crippen LogP contribution in [0.15, 0.2) is 82.6 Å². The Hall–Kier alpha value is -3.96. The first-order valence-electron chi connectivity index (χ1n) is 10.5. The molecule has 36 heavy (non-hydrogen) atoms. The average molecular weight is 527 g/mol. The number of carbonyl (C=O) groups excluding carboxylic acids is 3. The van der Waals surface area contributed by atoms with Gasteiger partial charge in [-0.15, -0.1) is 0 Å². The molecule has 0 atom stereocenters. The van der Waals surface area contributed by atoms with Crippen LogP contribution in [0.25, 0.3) is 6.08 Å². The lowest BCUT2D eigenvalue weighted by Gasteiger charge is -2.12. The minimum Gasteiger partial charge on any atom is -0.379 e. The molecule has 3 aromatic rings. The standard InChI is InChI=1S/C25H19FN2O6S2/c1-16(29)27-19-9-11-21(12-10-19)36(32,33)34-20-7-4-5-17(13-20)14-23-24(30)28(25(31)35-23)15-18-6-2-3-8-22(18)26/h2-14H,15H2,1H3,(H,27,29)/b23-14-. The first-order valence-corrected chi connectivity index (χ1v) is 12.8. The number of imide groups is 1. The van der Waals surface area contributed by atoms with Crippen molar-refractivity contribution >= 4 is 50.7 Å². The Labute approximate surface area is 210 Å². The van der Waals surface area contributed by atoms with Gasteiger partial charge in [-0.3, -0.25) is 19.3 Å². The van der Waals surface area contributed by atoms with Crippen molar-refractivity contribution in [2.24, 2.45) is 0 Å². The maximum atomic E-state index is 14.0. The summed E-state index contributed by atoms with van der Waals surface area (Å²) in [5, 5.41) is 2.01. The summed E-state index contributed by atoms with van der Waals surface area (Å²) in [4.78, 5) is 37.2. The summed E-state index contributed by atoms with van der Waals surface area (Å²) in [5.41, 5.74) is 1.08. The van der Waals surface area contributed by atoms with Crippen LogP contribution in [-0.2, 0) is 26.3 Å². The van der Waals surface area contributed by atoms with Crippen molar-refractivity contribution in [1.82, 2.24) is 4.90 Å². The van der Waals surface area contributed by atoms with Crippen LogP contribution in [-0.4, -0.2) is 30.4 Å². The first kappa shape index (κ1) is 25.1. The van der Waals surface area contributed by atoms with E-state index in [9.17, 15) is 27.2 Å². The highest BCUT2D eigenvalue weighted by atomic mass is 32.2. The van der Waals surface area contributed by atoms with Gasteiger partial charge in [0.1, 0.15) is 16.5 Å². The molecule has 4 rings (SSSR count).